The van der Waals surface area contributed by atoms with Crippen LogP contribution in [0, 0.1) is 11.7 Å². The van der Waals surface area contributed by atoms with Gasteiger partial charge in [0.05, 0.1) is 17.4 Å². The summed E-state index contributed by atoms with van der Waals surface area (Å²) in [6.07, 6.45) is 7.91. The molecule has 2 heterocycles. The van der Waals surface area contributed by atoms with E-state index in [2.05, 4.69) is 44.2 Å². The van der Waals surface area contributed by atoms with Gasteiger partial charge in [-0.25, -0.2) is 4.98 Å². The van der Waals surface area contributed by atoms with Crippen molar-refractivity contribution in [1.82, 2.24) is 19.1 Å². The molecule has 1 aromatic carbocycles. The largest absolute Gasteiger partial charge is 0.337 e. The summed E-state index contributed by atoms with van der Waals surface area (Å²) in [5, 5.41) is 0. The first-order chi connectivity index (χ1) is 9.74. The minimum Gasteiger partial charge on any atom is -0.337 e. The van der Waals surface area contributed by atoms with Gasteiger partial charge in [0.15, 0.2) is 4.77 Å². The number of aromatic nitrogens is 4. The van der Waals surface area contributed by atoms with Crippen molar-refractivity contribution in [3.05, 3.63) is 47.3 Å². The maximum atomic E-state index is 5.42. The third kappa shape index (κ3) is 2.67. The molecule has 20 heavy (non-hydrogen) atoms. The number of fused-ring (bicyclic) bond motifs is 1. The lowest BCUT2D eigenvalue weighted by atomic mass is 10.2. The Morgan fingerprint density at radius 1 is 1.25 bits per heavy atom. The van der Waals surface area contributed by atoms with E-state index in [1.165, 1.54) is 11.1 Å². The van der Waals surface area contributed by atoms with Crippen LogP contribution in [0.25, 0.3) is 11.0 Å². The van der Waals surface area contributed by atoms with E-state index in [9.17, 15) is 0 Å². The third-order valence-corrected chi connectivity index (χ3v) is 3.86. The van der Waals surface area contributed by atoms with Gasteiger partial charge in [-0.15, -0.1) is 0 Å². The molecular formula is C15H18N4S. The number of nitrogens with one attached hydrogen (secondary N) is 1. The average Bonchev–Trinajstić information content (AvgIpc) is 3.02. The van der Waals surface area contributed by atoms with Gasteiger partial charge in [-0.3, -0.25) is 0 Å². The molecule has 0 amide bonds. The van der Waals surface area contributed by atoms with Gasteiger partial charge in [0, 0.05) is 25.5 Å². The van der Waals surface area contributed by atoms with Crippen LogP contribution in [0.5, 0.6) is 0 Å². The van der Waals surface area contributed by atoms with Gasteiger partial charge < -0.3 is 14.1 Å². The molecule has 104 valence electrons. The minimum absolute atomic E-state index is 0.813. The lowest BCUT2D eigenvalue weighted by Crippen LogP contribution is -2.01. The summed E-state index contributed by atoms with van der Waals surface area (Å²) in [6.45, 7) is 4.06. The predicted molar refractivity (Wildman–Crippen MR) is 83.3 cm³/mol. The van der Waals surface area contributed by atoms with E-state index in [0.717, 1.165) is 36.2 Å². The first kappa shape index (κ1) is 13.1. The van der Waals surface area contributed by atoms with E-state index in [1.807, 2.05) is 18.7 Å². The van der Waals surface area contributed by atoms with Gasteiger partial charge in [-0.05, 0) is 49.7 Å². The number of hydrogen-bond acceptors (Lipinski definition) is 2. The fraction of sp³-hybridized carbons (Fsp3) is 0.333. The number of nitrogens with zero attached hydrogens (tertiary/aromatic N) is 3. The number of benzene rings is 1. The fourth-order valence-corrected chi connectivity index (χ4v) is 2.78. The van der Waals surface area contributed by atoms with Crippen LogP contribution >= 0.6 is 12.2 Å². The number of hydrogen-bond donors (Lipinski definition) is 1. The fourth-order valence-electron chi connectivity index (χ4n) is 2.48. The highest BCUT2D eigenvalue weighted by Crippen LogP contribution is 2.16. The van der Waals surface area contributed by atoms with Crippen molar-refractivity contribution in [2.24, 2.45) is 0 Å². The molecule has 0 aliphatic rings. The van der Waals surface area contributed by atoms with Crippen LogP contribution in [0.15, 0.2) is 36.9 Å². The predicted octanol–water partition coefficient (Wildman–Crippen LogP) is 3.68. The topological polar surface area (TPSA) is 38.5 Å². The second kappa shape index (κ2) is 5.63. The number of unbranched alkanes of at least 4 members (excludes halogenated alkanes) is 1. The average molecular weight is 286 g/mol. The Bertz CT molecular complexity index is 752. The van der Waals surface area contributed by atoms with Crippen LogP contribution in [-0.4, -0.2) is 19.1 Å². The third-order valence-electron chi connectivity index (χ3n) is 3.54. The van der Waals surface area contributed by atoms with Gasteiger partial charge in [-0.2, -0.15) is 0 Å². The lowest BCUT2D eigenvalue weighted by Gasteiger charge is -2.05. The van der Waals surface area contributed by atoms with Crippen LogP contribution in [-0.2, 0) is 13.1 Å². The molecule has 0 atom stereocenters. The van der Waals surface area contributed by atoms with Crippen LogP contribution in [0.3, 0.4) is 0 Å². The van der Waals surface area contributed by atoms with Crippen LogP contribution in [0.2, 0.25) is 0 Å². The van der Waals surface area contributed by atoms with Crippen LogP contribution in [0.1, 0.15) is 18.4 Å². The van der Waals surface area contributed by atoms with E-state index in [1.54, 1.807) is 0 Å². The molecule has 4 nitrogen and oxygen atoms in total. The minimum atomic E-state index is 0.813. The maximum absolute atomic E-state index is 5.42. The molecular weight excluding hydrogens is 268 g/mol. The zero-order valence-electron chi connectivity index (χ0n) is 11.5. The van der Waals surface area contributed by atoms with Crippen molar-refractivity contribution < 1.29 is 0 Å². The number of aromatic amines is 1. The second-order valence-electron chi connectivity index (χ2n) is 5.11. The summed E-state index contributed by atoms with van der Waals surface area (Å²) in [4.78, 5) is 7.34. The zero-order valence-corrected chi connectivity index (χ0v) is 12.4. The normalized spacial score (nSPS) is 11.2. The van der Waals surface area contributed by atoms with Crippen molar-refractivity contribution in [3.8, 4) is 0 Å². The Hall–Kier alpha value is -1.88. The summed E-state index contributed by atoms with van der Waals surface area (Å²) in [7, 11) is 0. The van der Waals surface area contributed by atoms with Gasteiger partial charge in [0.1, 0.15) is 0 Å². The molecule has 1 N–H and O–H groups in total. The van der Waals surface area contributed by atoms with Crippen LogP contribution < -0.4 is 0 Å². The first-order valence-corrected chi connectivity index (χ1v) is 7.30. The molecule has 0 spiro atoms. The van der Waals surface area contributed by atoms with Gasteiger partial charge in [0.2, 0.25) is 0 Å². The highest BCUT2D eigenvalue weighted by atomic mass is 32.1. The van der Waals surface area contributed by atoms with E-state index < -0.39 is 0 Å². The highest BCUT2D eigenvalue weighted by molar-refractivity contribution is 7.71. The lowest BCUT2D eigenvalue weighted by molar-refractivity contribution is 0.556. The number of aryl methyl sites for hydroxylation is 3. The van der Waals surface area contributed by atoms with Crippen molar-refractivity contribution in [3.63, 3.8) is 0 Å². The van der Waals surface area contributed by atoms with Gasteiger partial charge >= 0.3 is 0 Å². The molecule has 3 rings (SSSR count). The quantitative estimate of drug-likeness (QED) is 0.574. The van der Waals surface area contributed by atoms with Gasteiger partial charge in [-0.1, -0.05) is 6.07 Å². The Morgan fingerprint density at radius 2 is 2.10 bits per heavy atom. The molecule has 0 unspecified atom stereocenters. The van der Waals surface area contributed by atoms with E-state index in [4.69, 9.17) is 12.2 Å². The molecule has 0 bridgehead atoms. The molecule has 0 fully saturated rings. The Kier molecular flexibility index (Phi) is 3.69. The second-order valence-corrected chi connectivity index (χ2v) is 5.50. The molecule has 2 aromatic heterocycles. The molecule has 0 aliphatic carbocycles. The molecule has 0 saturated carbocycles. The standard InChI is InChI=1S/C15H18N4S/c1-12-4-5-14-13(10-12)17-15(20)19(14)8-3-2-7-18-9-6-16-11-18/h4-6,9-11H,2-3,7-8H2,1H3,(H,17,20). The maximum Gasteiger partial charge on any atom is 0.178 e. The molecule has 0 saturated heterocycles. The zero-order chi connectivity index (χ0) is 13.9. The summed E-state index contributed by atoms with van der Waals surface area (Å²) >= 11 is 5.42. The Labute approximate surface area is 123 Å². The first-order valence-electron chi connectivity index (χ1n) is 6.89. The van der Waals surface area contributed by atoms with Gasteiger partial charge in [0.25, 0.3) is 0 Å². The summed E-state index contributed by atoms with van der Waals surface area (Å²) in [5.41, 5.74) is 3.58. The number of H-pyrrole nitrogens is 1. The summed E-state index contributed by atoms with van der Waals surface area (Å²) < 4.78 is 5.11. The Balaban J connectivity index is 1.68. The summed E-state index contributed by atoms with van der Waals surface area (Å²) in [6, 6.07) is 6.42. The highest BCUT2D eigenvalue weighted by Gasteiger charge is 2.04. The number of rotatable bonds is 5. The SMILES string of the molecule is Cc1ccc2c(c1)[nH]c(=S)n2CCCCn1ccnc1. The molecule has 3 aromatic rings. The van der Waals surface area contributed by atoms with E-state index >= 15 is 0 Å². The number of imidazole rings is 2. The van der Waals surface area contributed by atoms with Crippen molar-refractivity contribution in [2.45, 2.75) is 32.9 Å². The smallest absolute Gasteiger partial charge is 0.178 e. The van der Waals surface area contributed by atoms with Crippen LogP contribution in [0.4, 0.5) is 0 Å². The molecule has 0 radical (unpaired) electrons. The summed E-state index contributed by atoms with van der Waals surface area (Å²) in [5.74, 6) is 0. The molecule has 0 aliphatic heterocycles. The van der Waals surface area contributed by atoms with E-state index in [-0.39, 0.29) is 0 Å². The van der Waals surface area contributed by atoms with E-state index in [0.29, 0.717) is 0 Å². The monoisotopic (exact) mass is 286 g/mol. The molecule has 5 heteroatoms. The Morgan fingerprint density at radius 3 is 2.90 bits per heavy atom. The van der Waals surface area contributed by atoms with Crippen molar-refractivity contribution >= 4 is 23.3 Å². The van der Waals surface area contributed by atoms with Crippen molar-refractivity contribution in [2.75, 3.05) is 0 Å². The van der Waals surface area contributed by atoms with Crippen molar-refractivity contribution in [1.29, 1.82) is 0 Å².